The van der Waals surface area contributed by atoms with E-state index in [1.165, 1.54) is 6.92 Å². The number of rotatable bonds is 19. The van der Waals surface area contributed by atoms with Gasteiger partial charge in [0, 0.05) is 19.5 Å². The molecule has 2 atom stereocenters. The fraction of sp³-hybridized carbons (Fsp3) is 0.773. The summed E-state index contributed by atoms with van der Waals surface area (Å²) in [4.78, 5) is 59.4. The summed E-state index contributed by atoms with van der Waals surface area (Å²) >= 11 is 0. The van der Waals surface area contributed by atoms with Crippen LogP contribution in [0.2, 0.25) is 0 Å². The topological polar surface area (TPSA) is 169 Å². The molecule has 0 saturated carbocycles. The van der Waals surface area contributed by atoms with Crippen LogP contribution in [-0.2, 0) is 28.7 Å². The lowest BCUT2D eigenvalue weighted by Gasteiger charge is -2.22. The maximum Gasteiger partial charge on any atom is 0.246 e. The number of nitrogens with two attached hydrogens (primary N) is 1. The van der Waals surface area contributed by atoms with E-state index in [0.29, 0.717) is 45.3 Å². The number of Topliss-reactive ketones (excluding diaryl/α,β-unsaturated/α-hetero) is 1. The monoisotopic (exact) mass is 471 g/mol. The number of ketones is 1. The Bertz CT molecular complexity index is 628. The zero-order chi connectivity index (χ0) is 25.1. The maximum absolute atomic E-state index is 12.7. The molecule has 0 aromatic carbocycles. The van der Waals surface area contributed by atoms with Crippen LogP contribution in [0, 0.1) is 0 Å². The number of ether oxygens (including phenoxy) is 1. The maximum atomic E-state index is 12.7. The summed E-state index contributed by atoms with van der Waals surface area (Å²) in [7, 11) is 0. The van der Waals surface area contributed by atoms with Gasteiger partial charge >= 0.3 is 0 Å². The molecule has 6 N–H and O–H groups in total. The van der Waals surface area contributed by atoms with Gasteiger partial charge < -0.3 is 31.7 Å². The van der Waals surface area contributed by atoms with Crippen LogP contribution in [-0.4, -0.2) is 74.3 Å². The van der Waals surface area contributed by atoms with Crippen molar-refractivity contribution in [3.05, 3.63) is 0 Å². The van der Waals surface area contributed by atoms with Crippen LogP contribution in [0.1, 0.15) is 65.7 Å². The molecule has 11 nitrogen and oxygen atoms in total. The van der Waals surface area contributed by atoms with Gasteiger partial charge in [-0.25, -0.2) is 0 Å². The first-order valence-electron chi connectivity index (χ1n) is 11.7. The Kier molecular flexibility index (Phi) is 17.5. The Balaban J connectivity index is 4.46. The van der Waals surface area contributed by atoms with Crippen molar-refractivity contribution in [2.75, 3.05) is 32.8 Å². The van der Waals surface area contributed by atoms with Gasteiger partial charge in [-0.15, -0.1) is 0 Å². The van der Waals surface area contributed by atoms with Crippen LogP contribution in [0.5, 0.6) is 0 Å². The van der Waals surface area contributed by atoms with E-state index in [1.54, 1.807) is 13.8 Å². The van der Waals surface area contributed by atoms with Gasteiger partial charge in [-0.05, 0) is 58.9 Å². The van der Waals surface area contributed by atoms with Gasteiger partial charge in [-0.2, -0.15) is 0 Å². The number of amides is 4. The molecule has 0 bridgehead atoms. The minimum Gasteiger partial charge on any atom is -0.362 e. The number of nitrogens with one attached hydrogen (secondary N) is 4. The van der Waals surface area contributed by atoms with E-state index in [1.807, 2.05) is 0 Å². The molecule has 0 radical (unpaired) electrons. The molecule has 190 valence electrons. The van der Waals surface area contributed by atoms with Crippen molar-refractivity contribution >= 4 is 29.4 Å². The van der Waals surface area contributed by atoms with Crippen molar-refractivity contribution < 1.29 is 28.7 Å². The molecule has 33 heavy (non-hydrogen) atoms. The van der Waals surface area contributed by atoms with Crippen molar-refractivity contribution in [1.82, 2.24) is 21.3 Å². The molecule has 4 amide bonds. The lowest BCUT2D eigenvalue weighted by Crippen LogP contribution is -2.51. The van der Waals surface area contributed by atoms with Crippen molar-refractivity contribution in [3.8, 4) is 0 Å². The molecule has 0 saturated heterocycles. The van der Waals surface area contributed by atoms with Crippen LogP contribution in [0.3, 0.4) is 0 Å². The quantitative estimate of drug-likeness (QED) is 0.159. The minimum atomic E-state index is -0.759. The molecule has 0 heterocycles. The molecule has 0 fully saturated rings. The van der Waals surface area contributed by atoms with Crippen molar-refractivity contribution in [2.45, 2.75) is 77.8 Å². The molecule has 11 heteroatoms. The molecular formula is C22H41N5O6. The normalized spacial score (nSPS) is 12.4. The molecule has 0 aromatic rings. The van der Waals surface area contributed by atoms with Crippen LogP contribution in [0.15, 0.2) is 0 Å². The molecule has 0 aliphatic rings. The third-order valence-electron chi connectivity index (χ3n) is 4.81. The van der Waals surface area contributed by atoms with Crippen LogP contribution < -0.4 is 27.0 Å². The number of unbranched alkanes of at least 4 members (excludes halogenated alkanes) is 2. The van der Waals surface area contributed by atoms with Crippen molar-refractivity contribution in [3.63, 3.8) is 0 Å². The highest BCUT2D eigenvalue weighted by Crippen LogP contribution is 2.06. The zero-order valence-electron chi connectivity index (χ0n) is 20.2. The van der Waals surface area contributed by atoms with Crippen LogP contribution in [0.25, 0.3) is 0 Å². The van der Waals surface area contributed by atoms with Gasteiger partial charge in [-0.1, -0.05) is 6.92 Å². The predicted octanol–water partition coefficient (Wildman–Crippen LogP) is -0.477. The van der Waals surface area contributed by atoms with Gasteiger partial charge in [-0.3, -0.25) is 24.0 Å². The molecule has 0 rings (SSSR count). The first kappa shape index (κ1) is 30.5. The fourth-order valence-corrected chi connectivity index (χ4v) is 2.94. The van der Waals surface area contributed by atoms with E-state index in [4.69, 9.17) is 10.5 Å². The lowest BCUT2D eigenvalue weighted by molar-refractivity contribution is -0.131. The van der Waals surface area contributed by atoms with E-state index in [-0.39, 0.29) is 43.1 Å². The highest BCUT2D eigenvalue weighted by molar-refractivity contribution is 5.91. The second-order valence-corrected chi connectivity index (χ2v) is 7.72. The average Bonchev–Trinajstić information content (AvgIpc) is 2.77. The second-order valence-electron chi connectivity index (χ2n) is 7.72. The number of hydrogen-bond donors (Lipinski definition) is 5. The van der Waals surface area contributed by atoms with E-state index in [2.05, 4.69) is 21.3 Å². The Labute approximate surface area is 196 Å². The van der Waals surface area contributed by atoms with E-state index in [0.717, 1.165) is 12.8 Å². The summed E-state index contributed by atoms with van der Waals surface area (Å²) < 4.78 is 5.02. The zero-order valence-corrected chi connectivity index (χ0v) is 20.2. The number of carbonyl (C=O) groups is 5. The SMILES string of the molecule is CCNC(=O)COCC(=O)NCCCCC(NC(=O)CC)C(=O)N[C@H](CCCCN)C(C)=O. The first-order chi connectivity index (χ1) is 15.7. The van der Waals surface area contributed by atoms with Gasteiger partial charge in [0.2, 0.25) is 23.6 Å². The Hall–Kier alpha value is -2.53. The van der Waals surface area contributed by atoms with E-state index < -0.39 is 18.0 Å². The Morgan fingerprint density at radius 1 is 0.788 bits per heavy atom. The van der Waals surface area contributed by atoms with Gasteiger partial charge in [0.05, 0.1) is 6.04 Å². The van der Waals surface area contributed by atoms with E-state index in [9.17, 15) is 24.0 Å². The van der Waals surface area contributed by atoms with Gasteiger partial charge in [0.1, 0.15) is 19.3 Å². The van der Waals surface area contributed by atoms with Gasteiger partial charge in [0.25, 0.3) is 0 Å². The molecule has 1 unspecified atom stereocenters. The largest absolute Gasteiger partial charge is 0.362 e. The van der Waals surface area contributed by atoms with Crippen LogP contribution in [0.4, 0.5) is 0 Å². The fourth-order valence-electron chi connectivity index (χ4n) is 2.94. The lowest BCUT2D eigenvalue weighted by atomic mass is 10.0. The summed E-state index contributed by atoms with van der Waals surface area (Å²) in [6.07, 6.45) is 3.75. The first-order valence-corrected chi connectivity index (χ1v) is 11.7. The van der Waals surface area contributed by atoms with Crippen LogP contribution >= 0.6 is 0 Å². The molecular weight excluding hydrogens is 430 g/mol. The van der Waals surface area contributed by atoms with Gasteiger partial charge in [0.15, 0.2) is 5.78 Å². The minimum absolute atomic E-state index is 0.141. The number of likely N-dealkylation sites (N-methyl/N-ethyl adjacent to an activating group) is 1. The summed E-state index contributed by atoms with van der Waals surface area (Å²) in [5.74, 6) is -1.41. The standard InChI is InChI=1S/C22H41N5O6/c1-4-19(29)26-18(22(32)27-17(16(3)28)10-6-8-12-23)11-7-9-13-25-21(31)15-33-14-20(30)24-5-2/h17-18H,4-15,23H2,1-3H3,(H,24,30)(H,25,31)(H,26,29)(H,27,32)/t17-,18?/m1/s1. The molecule has 0 spiro atoms. The smallest absolute Gasteiger partial charge is 0.246 e. The highest BCUT2D eigenvalue weighted by Gasteiger charge is 2.24. The van der Waals surface area contributed by atoms with Crippen molar-refractivity contribution in [1.29, 1.82) is 0 Å². The summed E-state index contributed by atoms with van der Waals surface area (Å²) in [5, 5.41) is 10.7. The summed E-state index contributed by atoms with van der Waals surface area (Å²) in [6.45, 7) is 5.90. The Morgan fingerprint density at radius 3 is 1.97 bits per heavy atom. The molecule has 0 aromatic heterocycles. The Morgan fingerprint density at radius 2 is 1.39 bits per heavy atom. The highest BCUT2D eigenvalue weighted by atomic mass is 16.5. The predicted molar refractivity (Wildman–Crippen MR) is 124 cm³/mol. The second kappa shape index (κ2) is 19.0. The third-order valence-corrected chi connectivity index (χ3v) is 4.81. The molecule has 0 aliphatic heterocycles. The van der Waals surface area contributed by atoms with E-state index >= 15 is 0 Å². The average molecular weight is 472 g/mol. The number of carbonyl (C=O) groups excluding carboxylic acids is 5. The third kappa shape index (κ3) is 15.8. The van der Waals surface area contributed by atoms with Crippen molar-refractivity contribution in [2.24, 2.45) is 5.73 Å². The number of hydrogen-bond acceptors (Lipinski definition) is 7. The summed E-state index contributed by atoms with van der Waals surface area (Å²) in [6, 6.07) is -1.37. The molecule has 0 aliphatic carbocycles. The summed E-state index contributed by atoms with van der Waals surface area (Å²) in [5.41, 5.74) is 5.49.